The molecule has 0 aliphatic heterocycles. The predicted molar refractivity (Wildman–Crippen MR) is 68.0 cm³/mol. The first-order valence-electron chi connectivity index (χ1n) is 5.49. The van der Waals surface area contributed by atoms with Crippen LogP contribution in [0.25, 0.3) is 22.3 Å². The van der Waals surface area contributed by atoms with Gasteiger partial charge in [-0.3, -0.25) is 0 Å². The van der Waals surface area contributed by atoms with Crippen molar-refractivity contribution in [2.24, 2.45) is 0 Å². The molecule has 1 heterocycles. The van der Waals surface area contributed by atoms with Crippen LogP contribution in [-0.4, -0.2) is 5.11 Å². The van der Waals surface area contributed by atoms with Gasteiger partial charge in [0.25, 0.3) is 0 Å². The van der Waals surface area contributed by atoms with Crippen LogP contribution in [0.2, 0.25) is 0 Å². The lowest BCUT2D eigenvalue weighted by atomic mass is 10.1. The molecule has 3 aromatic rings. The Morgan fingerprint density at radius 2 is 1.94 bits per heavy atom. The number of hydrogen-bond donors (Lipinski definition) is 1. The van der Waals surface area contributed by atoms with Crippen molar-refractivity contribution < 1.29 is 9.52 Å². The van der Waals surface area contributed by atoms with Crippen molar-refractivity contribution in [3.63, 3.8) is 0 Å². The fourth-order valence-electron chi connectivity index (χ4n) is 1.90. The molecule has 0 saturated carbocycles. The maximum atomic E-state index is 9.45. The van der Waals surface area contributed by atoms with Gasteiger partial charge >= 0.3 is 0 Å². The zero-order valence-corrected chi connectivity index (χ0v) is 9.42. The molecule has 86 valence electrons. The third-order valence-electron chi connectivity index (χ3n) is 2.78. The molecule has 0 spiro atoms. The third kappa shape index (κ3) is 1.70. The Hall–Kier alpha value is -2.73. The van der Waals surface area contributed by atoms with Gasteiger partial charge in [-0.1, -0.05) is 12.1 Å². The Balaban J connectivity index is 2.17. The molecule has 0 unspecified atom stereocenters. The second kappa shape index (κ2) is 3.94. The summed E-state index contributed by atoms with van der Waals surface area (Å²) in [5.74, 6) is 0.877. The quantitative estimate of drug-likeness (QED) is 0.700. The second-order valence-corrected chi connectivity index (χ2v) is 4.03. The van der Waals surface area contributed by atoms with E-state index in [9.17, 15) is 5.11 Å². The molecule has 3 heteroatoms. The minimum absolute atomic E-state index is 0.200. The first-order valence-corrected chi connectivity index (χ1v) is 5.49. The number of rotatable bonds is 1. The number of fused-ring (bicyclic) bond motifs is 1. The number of benzene rings is 2. The molecule has 1 aromatic heterocycles. The van der Waals surface area contributed by atoms with Crippen LogP contribution in [0.3, 0.4) is 0 Å². The van der Waals surface area contributed by atoms with Gasteiger partial charge in [0.15, 0.2) is 0 Å². The molecule has 0 fully saturated rings. The number of nitrogens with zero attached hydrogens (tertiary/aromatic N) is 1. The Morgan fingerprint density at radius 3 is 2.72 bits per heavy atom. The van der Waals surface area contributed by atoms with E-state index in [2.05, 4.69) is 6.07 Å². The Morgan fingerprint density at radius 1 is 1.06 bits per heavy atom. The number of furan rings is 1. The Bertz CT molecular complexity index is 766. The average molecular weight is 235 g/mol. The maximum absolute atomic E-state index is 9.45. The van der Waals surface area contributed by atoms with Gasteiger partial charge in [0.1, 0.15) is 17.1 Å². The largest absolute Gasteiger partial charge is 0.508 e. The number of phenols is 1. The van der Waals surface area contributed by atoms with Crippen molar-refractivity contribution >= 4 is 11.0 Å². The van der Waals surface area contributed by atoms with Crippen LogP contribution in [0, 0.1) is 11.3 Å². The summed E-state index contributed by atoms with van der Waals surface area (Å²) in [4.78, 5) is 0. The summed E-state index contributed by atoms with van der Waals surface area (Å²) in [6.07, 6.45) is 0. The van der Waals surface area contributed by atoms with Crippen LogP contribution in [0.5, 0.6) is 5.75 Å². The molecule has 2 aromatic carbocycles. The van der Waals surface area contributed by atoms with Gasteiger partial charge < -0.3 is 9.52 Å². The minimum atomic E-state index is 0.200. The minimum Gasteiger partial charge on any atom is -0.508 e. The van der Waals surface area contributed by atoms with Crippen LogP contribution in [0.15, 0.2) is 52.9 Å². The highest BCUT2D eigenvalue weighted by molar-refractivity contribution is 5.84. The summed E-state index contributed by atoms with van der Waals surface area (Å²) in [6.45, 7) is 0. The van der Waals surface area contributed by atoms with Gasteiger partial charge in [-0.05, 0) is 36.4 Å². The van der Waals surface area contributed by atoms with Crippen molar-refractivity contribution in [2.75, 3.05) is 0 Å². The molecule has 0 aliphatic carbocycles. The molecule has 3 rings (SSSR count). The van der Waals surface area contributed by atoms with E-state index in [0.29, 0.717) is 16.9 Å². The van der Waals surface area contributed by atoms with Crippen molar-refractivity contribution in [1.82, 2.24) is 0 Å². The molecule has 0 aliphatic rings. The lowest BCUT2D eigenvalue weighted by Crippen LogP contribution is -1.71. The molecule has 0 atom stereocenters. The first kappa shape index (κ1) is 10.4. The van der Waals surface area contributed by atoms with Gasteiger partial charge in [0, 0.05) is 10.9 Å². The van der Waals surface area contributed by atoms with E-state index in [4.69, 9.17) is 9.68 Å². The van der Waals surface area contributed by atoms with Crippen molar-refractivity contribution in [3.8, 4) is 23.1 Å². The zero-order valence-electron chi connectivity index (χ0n) is 9.42. The van der Waals surface area contributed by atoms with Crippen LogP contribution in [-0.2, 0) is 0 Å². The van der Waals surface area contributed by atoms with Crippen LogP contribution in [0.4, 0.5) is 0 Å². The van der Waals surface area contributed by atoms with Crippen LogP contribution in [0.1, 0.15) is 5.56 Å². The highest BCUT2D eigenvalue weighted by atomic mass is 16.3. The number of phenolic OH excluding ortho intramolecular Hbond substituents is 1. The monoisotopic (exact) mass is 235 g/mol. The summed E-state index contributed by atoms with van der Waals surface area (Å²) in [6, 6.07) is 16.2. The van der Waals surface area contributed by atoms with Gasteiger partial charge in [-0.25, -0.2) is 0 Å². The van der Waals surface area contributed by atoms with E-state index in [-0.39, 0.29) is 5.75 Å². The lowest BCUT2D eigenvalue weighted by molar-refractivity contribution is 0.475. The van der Waals surface area contributed by atoms with E-state index in [1.165, 1.54) is 0 Å². The normalized spacial score (nSPS) is 10.4. The summed E-state index contributed by atoms with van der Waals surface area (Å²) >= 11 is 0. The van der Waals surface area contributed by atoms with E-state index in [0.717, 1.165) is 10.9 Å². The summed E-state index contributed by atoms with van der Waals surface area (Å²) in [5.41, 5.74) is 2.05. The molecule has 3 nitrogen and oxygen atoms in total. The summed E-state index contributed by atoms with van der Waals surface area (Å²) in [5, 5.41) is 19.2. The Kier molecular flexibility index (Phi) is 2.28. The predicted octanol–water partition coefficient (Wildman–Crippen LogP) is 3.68. The number of aromatic hydroxyl groups is 1. The standard InChI is InChI=1S/C15H9NO2/c16-9-10-4-5-12-8-15(18-14(12)6-10)11-2-1-3-13(17)7-11/h1-8,17H. The molecular formula is C15H9NO2. The van der Waals surface area contributed by atoms with Gasteiger partial charge in [-0.15, -0.1) is 0 Å². The Labute approximate surface area is 104 Å². The molecule has 0 saturated heterocycles. The smallest absolute Gasteiger partial charge is 0.136 e. The van der Waals surface area contributed by atoms with Gasteiger partial charge in [0.05, 0.1) is 11.6 Å². The van der Waals surface area contributed by atoms with E-state index in [1.807, 2.05) is 18.2 Å². The maximum Gasteiger partial charge on any atom is 0.136 e. The van der Waals surface area contributed by atoms with E-state index in [1.54, 1.807) is 30.3 Å². The van der Waals surface area contributed by atoms with Crippen molar-refractivity contribution in [3.05, 3.63) is 54.1 Å². The summed E-state index contributed by atoms with van der Waals surface area (Å²) < 4.78 is 5.69. The fraction of sp³-hybridized carbons (Fsp3) is 0. The average Bonchev–Trinajstić information content (AvgIpc) is 2.81. The summed E-state index contributed by atoms with van der Waals surface area (Å²) in [7, 11) is 0. The molecule has 0 amide bonds. The van der Waals surface area contributed by atoms with Crippen molar-refractivity contribution in [1.29, 1.82) is 5.26 Å². The highest BCUT2D eigenvalue weighted by Crippen LogP contribution is 2.29. The van der Waals surface area contributed by atoms with Gasteiger partial charge in [-0.2, -0.15) is 5.26 Å². The molecule has 18 heavy (non-hydrogen) atoms. The first-order chi connectivity index (χ1) is 8.76. The molecule has 1 N–H and O–H groups in total. The van der Waals surface area contributed by atoms with Gasteiger partial charge in [0.2, 0.25) is 0 Å². The lowest BCUT2D eigenvalue weighted by Gasteiger charge is -1.96. The number of hydrogen-bond acceptors (Lipinski definition) is 3. The third-order valence-corrected chi connectivity index (χ3v) is 2.78. The second-order valence-electron chi connectivity index (χ2n) is 4.03. The topological polar surface area (TPSA) is 57.2 Å². The molecular weight excluding hydrogens is 226 g/mol. The fourth-order valence-corrected chi connectivity index (χ4v) is 1.90. The van der Waals surface area contributed by atoms with Crippen LogP contribution < -0.4 is 0 Å². The highest BCUT2D eigenvalue weighted by Gasteiger charge is 2.07. The van der Waals surface area contributed by atoms with E-state index < -0.39 is 0 Å². The molecule has 0 radical (unpaired) electrons. The molecule has 0 bridgehead atoms. The van der Waals surface area contributed by atoms with Crippen LogP contribution >= 0.6 is 0 Å². The van der Waals surface area contributed by atoms with Crippen molar-refractivity contribution in [2.45, 2.75) is 0 Å². The SMILES string of the molecule is N#Cc1ccc2cc(-c3cccc(O)c3)oc2c1. The number of nitriles is 1. The van der Waals surface area contributed by atoms with E-state index >= 15 is 0 Å². The zero-order chi connectivity index (χ0) is 12.5.